The van der Waals surface area contributed by atoms with Gasteiger partial charge in [-0.15, -0.1) is 0 Å². The maximum atomic E-state index is 12.7. The van der Waals surface area contributed by atoms with Crippen LogP contribution in [0, 0.1) is 0 Å². The third kappa shape index (κ3) is 4.14. The fourth-order valence-corrected chi connectivity index (χ4v) is 3.79. The van der Waals surface area contributed by atoms with Crippen LogP contribution in [0.15, 0.2) is 60.7 Å². The van der Waals surface area contributed by atoms with Gasteiger partial charge < -0.3 is 19.5 Å². The van der Waals surface area contributed by atoms with Crippen molar-refractivity contribution >= 4 is 16.7 Å². The molecule has 0 aliphatic carbocycles. The lowest BCUT2D eigenvalue weighted by molar-refractivity contribution is -0.124. The van der Waals surface area contributed by atoms with E-state index in [2.05, 4.69) is 5.32 Å². The first-order valence-electron chi connectivity index (χ1n) is 9.72. The fraction of sp³-hybridized carbons (Fsp3) is 0.292. The predicted molar refractivity (Wildman–Crippen MR) is 113 cm³/mol. The van der Waals surface area contributed by atoms with E-state index in [0.717, 1.165) is 27.8 Å². The molecule has 4 rings (SSSR count). The zero-order valence-electron chi connectivity index (χ0n) is 16.9. The molecule has 0 saturated carbocycles. The molecule has 150 valence electrons. The van der Waals surface area contributed by atoms with Gasteiger partial charge >= 0.3 is 0 Å². The summed E-state index contributed by atoms with van der Waals surface area (Å²) < 4.78 is 17.2. The fourth-order valence-electron chi connectivity index (χ4n) is 3.79. The largest absolute Gasteiger partial charge is 0.497 e. The van der Waals surface area contributed by atoms with Crippen LogP contribution < -0.4 is 19.5 Å². The molecule has 1 aliphatic rings. The number of methoxy groups -OCH3 is 1. The molecule has 0 saturated heterocycles. The third-order valence-electron chi connectivity index (χ3n) is 5.12. The Balaban J connectivity index is 1.49. The number of rotatable bonds is 5. The van der Waals surface area contributed by atoms with Crippen molar-refractivity contribution in [1.29, 1.82) is 0 Å². The second-order valence-electron chi connectivity index (χ2n) is 7.86. The molecule has 0 bridgehead atoms. The average molecular weight is 391 g/mol. The van der Waals surface area contributed by atoms with Gasteiger partial charge in [-0.3, -0.25) is 4.79 Å². The molecule has 1 unspecified atom stereocenters. The number of fused-ring (bicyclic) bond motifs is 2. The second kappa shape index (κ2) is 7.66. The minimum atomic E-state index is -0.379. The maximum absolute atomic E-state index is 12.7. The highest BCUT2D eigenvalue weighted by molar-refractivity contribution is 5.88. The zero-order valence-corrected chi connectivity index (χ0v) is 16.9. The third-order valence-corrected chi connectivity index (χ3v) is 5.12. The van der Waals surface area contributed by atoms with Crippen LogP contribution in [0.5, 0.6) is 17.2 Å². The molecule has 1 aliphatic heterocycles. The lowest BCUT2D eigenvalue weighted by Crippen LogP contribution is -2.42. The number of carbonyl (C=O) groups is 1. The van der Waals surface area contributed by atoms with E-state index in [1.165, 1.54) is 0 Å². The molecule has 29 heavy (non-hydrogen) atoms. The van der Waals surface area contributed by atoms with Gasteiger partial charge in [-0.05, 0) is 43.5 Å². The van der Waals surface area contributed by atoms with Crippen LogP contribution in [-0.4, -0.2) is 25.2 Å². The van der Waals surface area contributed by atoms with E-state index in [9.17, 15) is 4.79 Å². The predicted octanol–water partition coefficient (Wildman–Crippen LogP) is 4.65. The molecule has 1 amide bonds. The van der Waals surface area contributed by atoms with Crippen LogP contribution in [0.2, 0.25) is 0 Å². The molecule has 0 spiro atoms. The number of hydrogen-bond donors (Lipinski definition) is 1. The summed E-state index contributed by atoms with van der Waals surface area (Å²) in [6.07, 6.45) is 0.660. The Morgan fingerprint density at radius 2 is 1.93 bits per heavy atom. The van der Waals surface area contributed by atoms with Crippen molar-refractivity contribution in [2.45, 2.75) is 31.9 Å². The van der Waals surface area contributed by atoms with Crippen molar-refractivity contribution in [2.24, 2.45) is 0 Å². The van der Waals surface area contributed by atoms with Gasteiger partial charge in [0, 0.05) is 17.4 Å². The summed E-state index contributed by atoms with van der Waals surface area (Å²) in [4.78, 5) is 12.7. The topological polar surface area (TPSA) is 56.8 Å². The smallest absolute Gasteiger partial charge is 0.258 e. The van der Waals surface area contributed by atoms with E-state index in [1.54, 1.807) is 7.11 Å². The molecule has 0 radical (unpaired) electrons. The minimum Gasteiger partial charge on any atom is -0.497 e. The molecule has 1 N–H and O–H groups in total. The number of ether oxygens (including phenoxy) is 3. The number of nitrogens with one attached hydrogen (secondary N) is 1. The van der Waals surface area contributed by atoms with Gasteiger partial charge in [0.2, 0.25) is 0 Å². The summed E-state index contributed by atoms with van der Waals surface area (Å²) >= 11 is 0. The number of benzene rings is 3. The Bertz CT molecular complexity index is 1040. The zero-order chi connectivity index (χ0) is 20.4. The molecular formula is C24H25NO4. The molecule has 1 heterocycles. The van der Waals surface area contributed by atoms with Crippen LogP contribution >= 0.6 is 0 Å². The Hall–Kier alpha value is -3.21. The normalized spacial score (nSPS) is 17.1. The van der Waals surface area contributed by atoms with E-state index >= 15 is 0 Å². The maximum Gasteiger partial charge on any atom is 0.258 e. The molecule has 0 aromatic heterocycles. The molecule has 0 fully saturated rings. The average Bonchev–Trinajstić information content (AvgIpc) is 2.71. The van der Waals surface area contributed by atoms with E-state index < -0.39 is 0 Å². The van der Waals surface area contributed by atoms with E-state index in [-0.39, 0.29) is 24.2 Å². The number of amides is 1. The summed E-state index contributed by atoms with van der Waals surface area (Å²) in [6.45, 7) is 3.99. The van der Waals surface area contributed by atoms with Crippen molar-refractivity contribution in [1.82, 2.24) is 5.32 Å². The monoisotopic (exact) mass is 391 g/mol. The first kappa shape index (κ1) is 19.1. The van der Waals surface area contributed by atoms with Gasteiger partial charge in [-0.1, -0.05) is 36.4 Å². The van der Waals surface area contributed by atoms with Crippen LogP contribution in [-0.2, 0) is 4.79 Å². The summed E-state index contributed by atoms with van der Waals surface area (Å²) in [5.41, 5.74) is 0.540. The molecule has 3 aromatic carbocycles. The van der Waals surface area contributed by atoms with Crippen molar-refractivity contribution in [2.75, 3.05) is 13.7 Å². The minimum absolute atomic E-state index is 0.0505. The van der Waals surface area contributed by atoms with Gasteiger partial charge in [-0.2, -0.15) is 0 Å². The summed E-state index contributed by atoms with van der Waals surface area (Å²) in [7, 11) is 1.63. The van der Waals surface area contributed by atoms with Crippen molar-refractivity contribution in [3.05, 3.63) is 66.2 Å². The summed E-state index contributed by atoms with van der Waals surface area (Å²) in [6, 6.07) is 19.3. The first-order chi connectivity index (χ1) is 13.9. The molecule has 3 aromatic rings. The highest BCUT2D eigenvalue weighted by Crippen LogP contribution is 2.41. The second-order valence-corrected chi connectivity index (χ2v) is 7.86. The summed E-state index contributed by atoms with van der Waals surface area (Å²) in [5.74, 6) is 2.03. The van der Waals surface area contributed by atoms with Crippen molar-refractivity contribution in [3.8, 4) is 17.2 Å². The number of carbonyl (C=O) groups excluding carboxylic acids is 1. The Morgan fingerprint density at radius 1 is 1.14 bits per heavy atom. The Kier molecular flexibility index (Phi) is 5.05. The molecule has 5 heteroatoms. The lowest BCUT2D eigenvalue weighted by atomic mass is 9.89. The molecule has 1 atom stereocenters. The van der Waals surface area contributed by atoms with Crippen LogP contribution in [0.1, 0.15) is 31.9 Å². The SMILES string of the molecule is COc1ccc2c(c1)C(NC(=O)COc1cccc3ccccc13)CC(C)(C)O2. The van der Waals surface area contributed by atoms with Crippen molar-refractivity contribution in [3.63, 3.8) is 0 Å². The lowest BCUT2D eigenvalue weighted by Gasteiger charge is -2.38. The highest BCUT2D eigenvalue weighted by Gasteiger charge is 2.34. The van der Waals surface area contributed by atoms with Crippen LogP contribution in [0.3, 0.4) is 0 Å². The van der Waals surface area contributed by atoms with Gasteiger partial charge in [0.1, 0.15) is 22.8 Å². The van der Waals surface area contributed by atoms with Crippen molar-refractivity contribution < 1.29 is 19.0 Å². The molecular weight excluding hydrogens is 366 g/mol. The van der Waals surface area contributed by atoms with Crippen LogP contribution in [0.25, 0.3) is 10.8 Å². The van der Waals surface area contributed by atoms with Gasteiger partial charge in [0.25, 0.3) is 5.91 Å². The quantitative estimate of drug-likeness (QED) is 0.688. The molecule has 5 nitrogen and oxygen atoms in total. The standard InChI is InChI=1S/C24H25NO4/c1-24(2)14-20(19-13-17(27-3)11-12-22(19)29-24)25-23(26)15-28-21-10-6-8-16-7-4-5-9-18(16)21/h4-13,20H,14-15H2,1-3H3,(H,25,26). The van der Waals surface area contributed by atoms with Gasteiger partial charge in [-0.25, -0.2) is 0 Å². The van der Waals surface area contributed by atoms with E-state index in [0.29, 0.717) is 12.2 Å². The van der Waals surface area contributed by atoms with E-state index in [1.807, 2.05) is 74.5 Å². The number of hydrogen-bond acceptors (Lipinski definition) is 4. The summed E-state index contributed by atoms with van der Waals surface area (Å²) in [5, 5.41) is 5.17. The van der Waals surface area contributed by atoms with Gasteiger partial charge in [0.15, 0.2) is 6.61 Å². The van der Waals surface area contributed by atoms with E-state index in [4.69, 9.17) is 14.2 Å². The van der Waals surface area contributed by atoms with Gasteiger partial charge in [0.05, 0.1) is 13.2 Å². The Morgan fingerprint density at radius 3 is 2.76 bits per heavy atom. The highest BCUT2D eigenvalue weighted by atomic mass is 16.5. The Labute approximate surface area is 170 Å². The van der Waals surface area contributed by atoms with Crippen LogP contribution in [0.4, 0.5) is 0 Å². The first-order valence-corrected chi connectivity index (χ1v) is 9.72.